The quantitative estimate of drug-likeness (QED) is 0.387. The molecule has 0 aliphatic heterocycles. The van der Waals surface area contributed by atoms with E-state index in [1.165, 1.54) is 11.8 Å². The van der Waals surface area contributed by atoms with E-state index >= 15 is 0 Å². The smallest absolute Gasteiger partial charge is 0.234 e. The van der Waals surface area contributed by atoms with Crippen LogP contribution in [0, 0.1) is 0 Å². The number of hydrogen-bond donors (Lipinski definition) is 1. The molecule has 0 atom stereocenters. The zero-order valence-corrected chi connectivity index (χ0v) is 18.3. The molecule has 4 aromatic rings. The number of aromatic nitrogens is 5. The Morgan fingerprint density at radius 2 is 1.88 bits per heavy atom. The van der Waals surface area contributed by atoms with E-state index < -0.39 is 0 Å². The van der Waals surface area contributed by atoms with Gasteiger partial charge in [-0.25, -0.2) is 4.98 Å². The van der Waals surface area contributed by atoms with Crippen molar-refractivity contribution in [3.63, 3.8) is 0 Å². The lowest BCUT2D eigenvalue weighted by Crippen LogP contribution is -2.14. The summed E-state index contributed by atoms with van der Waals surface area (Å²) in [5.74, 6) is 1.47. The van der Waals surface area contributed by atoms with Crippen LogP contribution in [0.1, 0.15) is 12.5 Å². The fourth-order valence-electron chi connectivity index (χ4n) is 2.99. The Kier molecular flexibility index (Phi) is 7.08. The van der Waals surface area contributed by atoms with Crippen LogP contribution in [0.4, 0.5) is 5.69 Å². The topological polar surface area (TPSA) is 94.8 Å². The molecule has 9 heteroatoms. The van der Waals surface area contributed by atoms with Gasteiger partial charge in [0.25, 0.3) is 0 Å². The second kappa shape index (κ2) is 10.5. The molecule has 0 saturated carbocycles. The molecule has 0 aliphatic carbocycles. The minimum Gasteiger partial charge on any atom is -0.489 e. The summed E-state index contributed by atoms with van der Waals surface area (Å²) in [6.45, 7) is 3.15. The summed E-state index contributed by atoms with van der Waals surface area (Å²) in [4.78, 5) is 20.8. The fraction of sp³-hybridized carbons (Fsp3) is 0.174. The van der Waals surface area contributed by atoms with Crippen molar-refractivity contribution in [1.82, 2.24) is 24.7 Å². The Balaban J connectivity index is 1.30. The molecule has 0 saturated heterocycles. The Morgan fingerprint density at radius 3 is 2.59 bits per heavy atom. The predicted molar refractivity (Wildman–Crippen MR) is 123 cm³/mol. The van der Waals surface area contributed by atoms with Gasteiger partial charge in [0.2, 0.25) is 5.91 Å². The van der Waals surface area contributed by atoms with Crippen molar-refractivity contribution in [1.29, 1.82) is 0 Å². The van der Waals surface area contributed by atoms with Gasteiger partial charge in [0, 0.05) is 24.6 Å². The van der Waals surface area contributed by atoms with Gasteiger partial charge in [0.1, 0.15) is 18.1 Å². The van der Waals surface area contributed by atoms with Gasteiger partial charge in [0.15, 0.2) is 11.0 Å². The Bertz CT molecular complexity index is 1150. The molecule has 0 fully saturated rings. The lowest BCUT2D eigenvalue weighted by atomic mass is 10.2. The van der Waals surface area contributed by atoms with Crippen LogP contribution in [0.15, 0.2) is 78.3 Å². The van der Waals surface area contributed by atoms with Crippen LogP contribution in [-0.2, 0) is 17.9 Å². The second-order valence-electron chi connectivity index (χ2n) is 6.78. The van der Waals surface area contributed by atoms with Crippen LogP contribution in [0.2, 0.25) is 0 Å². The van der Waals surface area contributed by atoms with Crippen molar-refractivity contribution in [2.75, 3.05) is 11.1 Å². The molecule has 4 rings (SSSR count). The van der Waals surface area contributed by atoms with Crippen LogP contribution in [0.3, 0.4) is 0 Å². The Labute approximate surface area is 190 Å². The van der Waals surface area contributed by atoms with E-state index in [0.29, 0.717) is 35.5 Å². The first-order valence-electron chi connectivity index (χ1n) is 10.1. The molecule has 0 spiro atoms. The van der Waals surface area contributed by atoms with Crippen LogP contribution < -0.4 is 10.1 Å². The van der Waals surface area contributed by atoms with Crippen molar-refractivity contribution in [2.45, 2.75) is 25.2 Å². The van der Waals surface area contributed by atoms with E-state index in [-0.39, 0.29) is 11.7 Å². The monoisotopic (exact) mass is 446 g/mol. The SMILES string of the molecule is CCn1c(SCC(=O)Nc2ccc(OCc3ccccc3)cc2)nnc1-c1cnccn1. The van der Waals surface area contributed by atoms with Gasteiger partial charge in [-0.05, 0) is 36.8 Å². The number of carbonyl (C=O) groups excluding carboxylic acids is 1. The molecule has 0 unspecified atom stereocenters. The molecule has 32 heavy (non-hydrogen) atoms. The molecule has 0 radical (unpaired) electrons. The summed E-state index contributed by atoms with van der Waals surface area (Å²) in [5, 5.41) is 12.0. The first kappa shape index (κ1) is 21.5. The van der Waals surface area contributed by atoms with Crippen LogP contribution in [-0.4, -0.2) is 36.4 Å². The van der Waals surface area contributed by atoms with Crippen LogP contribution >= 0.6 is 11.8 Å². The Morgan fingerprint density at radius 1 is 1.06 bits per heavy atom. The first-order valence-corrected chi connectivity index (χ1v) is 11.1. The molecule has 2 heterocycles. The normalized spacial score (nSPS) is 10.7. The largest absolute Gasteiger partial charge is 0.489 e. The highest BCUT2D eigenvalue weighted by Crippen LogP contribution is 2.23. The fourth-order valence-corrected chi connectivity index (χ4v) is 3.79. The van der Waals surface area contributed by atoms with E-state index in [4.69, 9.17) is 4.74 Å². The minimum atomic E-state index is -0.125. The van der Waals surface area contributed by atoms with Crippen molar-refractivity contribution in [3.8, 4) is 17.3 Å². The van der Waals surface area contributed by atoms with Crippen molar-refractivity contribution in [2.24, 2.45) is 0 Å². The molecular formula is C23H22N6O2S. The first-order chi connectivity index (χ1) is 15.7. The number of amides is 1. The van der Waals surface area contributed by atoms with E-state index in [1.807, 2.05) is 66.1 Å². The van der Waals surface area contributed by atoms with Crippen molar-refractivity contribution >= 4 is 23.4 Å². The van der Waals surface area contributed by atoms with Crippen molar-refractivity contribution < 1.29 is 9.53 Å². The maximum Gasteiger partial charge on any atom is 0.234 e. The summed E-state index contributed by atoms with van der Waals surface area (Å²) < 4.78 is 7.69. The van der Waals surface area contributed by atoms with Gasteiger partial charge in [-0.15, -0.1) is 10.2 Å². The highest BCUT2D eigenvalue weighted by molar-refractivity contribution is 7.99. The summed E-state index contributed by atoms with van der Waals surface area (Å²) in [7, 11) is 0. The number of anilines is 1. The van der Waals surface area contributed by atoms with Crippen LogP contribution in [0.25, 0.3) is 11.5 Å². The predicted octanol–water partition coefficient (Wildman–Crippen LogP) is 4.06. The standard InChI is InChI=1S/C23H22N6O2S/c1-2-29-22(20-14-24-12-13-25-20)27-28-23(29)32-16-21(30)26-18-8-10-19(11-9-18)31-15-17-6-4-3-5-7-17/h3-14H,2,15-16H2,1H3,(H,26,30). The van der Waals surface area contributed by atoms with E-state index in [1.54, 1.807) is 18.6 Å². The van der Waals surface area contributed by atoms with Crippen molar-refractivity contribution in [3.05, 3.63) is 78.8 Å². The average molecular weight is 447 g/mol. The van der Waals surface area contributed by atoms with Gasteiger partial charge in [-0.1, -0.05) is 42.1 Å². The third-order valence-electron chi connectivity index (χ3n) is 4.54. The number of carbonyl (C=O) groups is 1. The number of ether oxygens (including phenoxy) is 1. The third-order valence-corrected chi connectivity index (χ3v) is 5.51. The third kappa shape index (κ3) is 5.50. The minimum absolute atomic E-state index is 0.125. The number of hydrogen-bond acceptors (Lipinski definition) is 7. The van der Waals surface area contributed by atoms with E-state index in [9.17, 15) is 4.79 Å². The van der Waals surface area contributed by atoms with Gasteiger partial charge in [0.05, 0.1) is 11.9 Å². The number of nitrogens with one attached hydrogen (secondary N) is 1. The lowest BCUT2D eigenvalue weighted by Gasteiger charge is -2.09. The molecule has 1 N–H and O–H groups in total. The molecule has 0 bridgehead atoms. The number of thioether (sulfide) groups is 1. The number of rotatable bonds is 9. The zero-order chi connectivity index (χ0) is 22.2. The molecule has 1 amide bonds. The van der Waals surface area contributed by atoms with E-state index in [0.717, 1.165) is 11.3 Å². The van der Waals surface area contributed by atoms with Crippen LogP contribution in [0.5, 0.6) is 5.75 Å². The maximum atomic E-state index is 12.4. The summed E-state index contributed by atoms with van der Waals surface area (Å²) >= 11 is 1.33. The molecular weight excluding hydrogens is 424 g/mol. The number of nitrogens with zero attached hydrogens (tertiary/aromatic N) is 5. The molecule has 0 aliphatic rings. The molecule has 2 aromatic heterocycles. The highest BCUT2D eigenvalue weighted by Gasteiger charge is 2.15. The number of benzene rings is 2. The maximum absolute atomic E-state index is 12.4. The molecule has 8 nitrogen and oxygen atoms in total. The summed E-state index contributed by atoms with van der Waals surface area (Å²) in [5.41, 5.74) is 2.46. The lowest BCUT2D eigenvalue weighted by molar-refractivity contribution is -0.113. The molecule has 162 valence electrons. The molecule has 2 aromatic carbocycles. The zero-order valence-electron chi connectivity index (χ0n) is 17.5. The Hall–Kier alpha value is -3.72. The summed E-state index contributed by atoms with van der Waals surface area (Å²) in [6, 6.07) is 17.3. The van der Waals surface area contributed by atoms with Gasteiger partial charge in [-0.3, -0.25) is 9.78 Å². The van der Waals surface area contributed by atoms with Gasteiger partial charge in [-0.2, -0.15) is 0 Å². The second-order valence-corrected chi connectivity index (χ2v) is 7.72. The van der Waals surface area contributed by atoms with Gasteiger partial charge >= 0.3 is 0 Å². The highest BCUT2D eigenvalue weighted by atomic mass is 32.2. The van der Waals surface area contributed by atoms with Gasteiger partial charge < -0.3 is 14.6 Å². The van der Waals surface area contributed by atoms with E-state index in [2.05, 4.69) is 25.5 Å². The summed E-state index contributed by atoms with van der Waals surface area (Å²) in [6.07, 6.45) is 4.87. The average Bonchev–Trinajstić information content (AvgIpc) is 3.26.